The third kappa shape index (κ3) is 4.64. The van der Waals surface area contributed by atoms with Crippen molar-refractivity contribution in [3.05, 3.63) is 89.0 Å². The van der Waals surface area contributed by atoms with Gasteiger partial charge in [0.2, 0.25) is 0 Å². The predicted molar refractivity (Wildman–Crippen MR) is 145 cm³/mol. The number of nitrogen functional groups attached to an aromatic ring is 1. The van der Waals surface area contributed by atoms with E-state index in [1.165, 1.54) is 0 Å². The van der Waals surface area contributed by atoms with Gasteiger partial charge < -0.3 is 15.4 Å². The molecule has 9 nitrogen and oxygen atoms in total. The van der Waals surface area contributed by atoms with Gasteiger partial charge in [-0.15, -0.1) is 0 Å². The molecule has 0 unspecified atom stereocenters. The van der Waals surface area contributed by atoms with Crippen LogP contribution >= 0.6 is 0 Å². The molecule has 0 radical (unpaired) electrons. The number of imidazole rings is 1. The number of allylic oxidation sites excluding steroid dienone is 1. The number of carbonyl (C=O) groups is 1. The van der Waals surface area contributed by atoms with E-state index >= 15 is 0 Å². The van der Waals surface area contributed by atoms with E-state index in [1.807, 2.05) is 43.3 Å². The summed E-state index contributed by atoms with van der Waals surface area (Å²) in [5.41, 5.74) is 7.89. The highest BCUT2D eigenvalue weighted by Crippen LogP contribution is 2.27. The van der Waals surface area contributed by atoms with Crippen LogP contribution in [0, 0.1) is 11.3 Å². The van der Waals surface area contributed by atoms with Crippen LogP contribution in [0.3, 0.4) is 0 Å². The van der Waals surface area contributed by atoms with Gasteiger partial charge in [0.25, 0.3) is 5.91 Å². The number of likely N-dealkylation sites (tertiary alicyclic amines) is 1. The third-order valence-corrected chi connectivity index (χ3v) is 6.73. The number of nitriles is 1. The van der Waals surface area contributed by atoms with E-state index in [0.29, 0.717) is 41.2 Å². The Kier molecular flexibility index (Phi) is 6.96. The van der Waals surface area contributed by atoms with Gasteiger partial charge >= 0.3 is 5.69 Å². The second-order valence-corrected chi connectivity index (χ2v) is 9.13. The van der Waals surface area contributed by atoms with Gasteiger partial charge in [0, 0.05) is 19.3 Å². The van der Waals surface area contributed by atoms with Crippen LogP contribution in [-0.4, -0.2) is 37.5 Å². The maximum Gasteiger partial charge on any atom is 0.333 e. The number of hydrogen-bond donors (Lipinski definition) is 1. The summed E-state index contributed by atoms with van der Waals surface area (Å²) in [4.78, 5) is 32.8. The Labute approximate surface area is 220 Å². The lowest BCUT2D eigenvalue weighted by molar-refractivity contribution is -0.127. The molecule has 5 rings (SSSR count). The number of rotatable bonds is 7. The van der Waals surface area contributed by atoms with Crippen molar-refractivity contribution in [1.82, 2.24) is 19.0 Å². The quantitative estimate of drug-likeness (QED) is 0.292. The third-order valence-electron chi connectivity index (χ3n) is 6.73. The average Bonchev–Trinajstić information content (AvgIpc) is 3.51. The van der Waals surface area contributed by atoms with E-state index in [-0.39, 0.29) is 35.6 Å². The van der Waals surface area contributed by atoms with Gasteiger partial charge in [0.05, 0.1) is 17.2 Å². The zero-order valence-electron chi connectivity index (χ0n) is 21.1. The second-order valence-electron chi connectivity index (χ2n) is 9.13. The number of carbonyl (C=O) groups excluding carboxylic acids is 1. The number of anilines is 1. The van der Waals surface area contributed by atoms with E-state index < -0.39 is 0 Å². The standard InChI is InChI=1S/C29H28N6O3/c1-2-7-20(18-30)28(36)33-17-6-8-22(33)19-34-25-15-16-32-27(31)26(25)35(29(34)37)21-11-13-24(14-12-21)38-23-9-4-3-5-10-23/h3-5,7,9-16,22H,2,6,8,17,19H2,1H3,(H2,31,32)/b20-7+/t22-/m0/s1. The van der Waals surface area contributed by atoms with Crippen molar-refractivity contribution in [3.63, 3.8) is 0 Å². The van der Waals surface area contributed by atoms with Crippen molar-refractivity contribution in [2.45, 2.75) is 38.8 Å². The molecular weight excluding hydrogens is 480 g/mol. The molecule has 0 saturated carbocycles. The van der Waals surface area contributed by atoms with Crippen molar-refractivity contribution in [2.75, 3.05) is 12.3 Å². The molecule has 0 spiro atoms. The number of hydrogen-bond acceptors (Lipinski definition) is 6. The van der Waals surface area contributed by atoms with Crippen LogP contribution in [-0.2, 0) is 11.3 Å². The monoisotopic (exact) mass is 508 g/mol. The lowest BCUT2D eigenvalue weighted by Crippen LogP contribution is -2.40. The summed E-state index contributed by atoms with van der Waals surface area (Å²) < 4.78 is 9.08. The normalized spacial score (nSPS) is 15.5. The number of benzene rings is 2. The first kappa shape index (κ1) is 24.8. The number of amides is 1. The molecule has 192 valence electrons. The van der Waals surface area contributed by atoms with Crippen LogP contribution in [0.5, 0.6) is 11.5 Å². The molecule has 1 saturated heterocycles. The summed E-state index contributed by atoms with van der Waals surface area (Å²) in [7, 11) is 0. The summed E-state index contributed by atoms with van der Waals surface area (Å²) >= 11 is 0. The molecule has 2 N–H and O–H groups in total. The average molecular weight is 509 g/mol. The highest BCUT2D eigenvalue weighted by molar-refractivity contribution is 5.97. The summed E-state index contributed by atoms with van der Waals surface area (Å²) in [6.07, 6.45) is 5.36. The molecule has 1 amide bonds. The Hall–Kier alpha value is -4.84. The van der Waals surface area contributed by atoms with Gasteiger partial charge in [-0.25, -0.2) is 9.78 Å². The fourth-order valence-electron chi connectivity index (χ4n) is 4.97. The number of fused-ring (bicyclic) bond motifs is 1. The number of ether oxygens (including phenoxy) is 1. The second kappa shape index (κ2) is 10.6. The first-order chi connectivity index (χ1) is 18.5. The maximum absolute atomic E-state index is 13.8. The van der Waals surface area contributed by atoms with E-state index in [9.17, 15) is 14.9 Å². The van der Waals surface area contributed by atoms with E-state index in [0.717, 1.165) is 12.8 Å². The molecule has 1 atom stereocenters. The van der Waals surface area contributed by atoms with Crippen LogP contribution in [0.2, 0.25) is 0 Å². The van der Waals surface area contributed by atoms with Gasteiger partial charge in [0.15, 0.2) is 0 Å². The maximum atomic E-state index is 13.8. The Morgan fingerprint density at radius 2 is 1.89 bits per heavy atom. The summed E-state index contributed by atoms with van der Waals surface area (Å²) in [5.74, 6) is 1.30. The van der Waals surface area contributed by atoms with Crippen molar-refractivity contribution < 1.29 is 9.53 Å². The highest BCUT2D eigenvalue weighted by Gasteiger charge is 2.32. The number of nitrogens with two attached hydrogens (primary N) is 1. The van der Waals surface area contributed by atoms with E-state index in [4.69, 9.17) is 10.5 Å². The number of para-hydroxylation sites is 1. The van der Waals surface area contributed by atoms with Crippen LogP contribution in [0.25, 0.3) is 16.7 Å². The topological polar surface area (TPSA) is 119 Å². The molecule has 3 heterocycles. The van der Waals surface area contributed by atoms with Gasteiger partial charge in [-0.2, -0.15) is 5.26 Å². The fraction of sp³-hybridized carbons (Fsp3) is 0.241. The Balaban J connectivity index is 1.50. The van der Waals surface area contributed by atoms with Gasteiger partial charge in [-0.3, -0.25) is 13.9 Å². The smallest absolute Gasteiger partial charge is 0.333 e. The van der Waals surface area contributed by atoms with E-state index in [2.05, 4.69) is 4.98 Å². The molecule has 0 aliphatic carbocycles. The minimum absolute atomic E-state index is 0.139. The van der Waals surface area contributed by atoms with Gasteiger partial charge in [-0.1, -0.05) is 31.2 Å². The lowest BCUT2D eigenvalue weighted by atomic mass is 10.1. The number of nitrogens with zero attached hydrogens (tertiary/aromatic N) is 5. The Morgan fingerprint density at radius 3 is 2.61 bits per heavy atom. The molecule has 2 aromatic heterocycles. The molecule has 2 aromatic carbocycles. The van der Waals surface area contributed by atoms with Gasteiger partial charge in [0.1, 0.15) is 34.5 Å². The largest absolute Gasteiger partial charge is 0.457 e. The summed E-state index contributed by atoms with van der Waals surface area (Å²) in [6, 6.07) is 20.2. The summed E-state index contributed by atoms with van der Waals surface area (Å²) in [5, 5.41) is 9.46. The van der Waals surface area contributed by atoms with Crippen LogP contribution in [0.4, 0.5) is 5.82 Å². The number of aromatic nitrogens is 3. The molecular formula is C29H28N6O3. The number of pyridine rings is 1. The van der Waals surface area contributed by atoms with Crippen LogP contribution in [0.1, 0.15) is 26.2 Å². The summed E-state index contributed by atoms with van der Waals surface area (Å²) in [6.45, 7) is 2.73. The molecule has 4 aromatic rings. The molecule has 1 aliphatic rings. The first-order valence-electron chi connectivity index (χ1n) is 12.6. The molecule has 9 heteroatoms. The molecule has 38 heavy (non-hydrogen) atoms. The lowest BCUT2D eigenvalue weighted by Gasteiger charge is -2.24. The van der Waals surface area contributed by atoms with Gasteiger partial charge in [-0.05, 0) is 61.7 Å². The minimum atomic E-state index is -0.288. The first-order valence-corrected chi connectivity index (χ1v) is 12.6. The SMILES string of the molecule is CC/C=C(\C#N)C(=O)N1CCC[C@H]1Cn1c(=O)n(-c2ccc(Oc3ccccc3)cc2)c2c(N)nccc21. The Bertz CT molecular complexity index is 1600. The van der Waals surface area contributed by atoms with Crippen molar-refractivity contribution in [2.24, 2.45) is 0 Å². The molecule has 1 fully saturated rings. The fourth-order valence-corrected chi connectivity index (χ4v) is 4.97. The minimum Gasteiger partial charge on any atom is -0.457 e. The Morgan fingerprint density at radius 1 is 1.16 bits per heavy atom. The van der Waals surface area contributed by atoms with Crippen molar-refractivity contribution in [1.29, 1.82) is 5.26 Å². The molecule has 0 bridgehead atoms. The van der Waals surface area contributed by atoms with Crippen molar-refractivity contribution in [3.8, 4) is 23.3 Å². The van der Waals surface area contributed by atoms with Crippen molar-refractivity contribution >= 4 is 22.8 Å². The molecule has 1 aliphatic heterocycles. The van der Waals surface area contributed by atoms with Crippen LogP contribution in [0.15, 0.2) is 83.3 Å². The predicted octanol–water partition coefficient (Wildman–Crippen LogP) is 4.41. The zero-order chi connectivity index (χ0) is 26.6. The van der Waals surface area contributed by atoms with E-state index in [1.54, 1.807) is 56.6 Å². The zero-order valence-corrected chi connectivity index (χ0v) is 21.1. The highest BCUT2D eigenvalue weighted by atomic mass is 16.5. The van der Waals surface area contributed by atoms with Crippen LogP contribution < -0.4 is 16.2 Å².